The molecule has 12 aromatic carbocycles. The number of fused-ring (bicyclic) bond motifs is 3. The summed E-state index contributed by atoms with van der Waals surface area (Å²) in [6.45, 7) is 33.2. The summed E-state index contributed by atoms with van der Waals surface area (Å²) < 4.78 is 9.43. The minimum absolute atomic E-state index is 0. The average Bonchev–Trinajstić information content (AvgIpc) is 1.44. The van der Waals surface area contributed by atoms with Crippen LogP contribution in [0.1, 0.15) is 144 Å². The van der Waals surface area contributed by atoms with Gasteiger partial charge in [0.25, 0.3) is 0 Å². The summed E-state index contributed by atoms with van der Waals surface area (Å²) in [4.78, 5) is 15.6. The minimum Gasteiger partial charge on any atom is -0.339 e. The van der Waals surface area contributed by atoms with E-state index in [2.05, 4.69) is 361 Å². The van der Waals surface area contributed by atoms with Crippen LogP contribution in [0.2, 0.25) is 0 Å². The van der Waals surface area contributed by atoms with E-state index in [1.807, 2.05) is 41.7 Å². The number of thiophene rings is 1. The molecule has 0 unspecified atom stereocenters. The molecule has 4 aromatic heterocycles. The number of rotatable bonds is 18. The molecule has 0 bridgehead atoms. The SMILES string of the molecule is CCCCCCc1cc(C)c(-n2cc(-c3cc(C)cc(C)c3)nc2-c2[c-]cc3sc4ccccc4c3c2)c(C)c1.Cc1cc(C)cc(-c2cn(-c3c(C(C)C)cc(-c4ccccc4)cc3C(C)C)c(-c3[c-]cccc3)n2)c1.Cc1cc(C)cc(-c2cn(-c3c(C)cc(-c4ccccc4)cc3C)c(-c3[c-]cccc3)n2)c1.[Ir].[Ir].[Ir]. The number of hydrogen-bond acceptors (Lipinski definition) is 4. The van der Waals surface area contributed by atoms with E-state index in [4.69, 9.17) is 15.0 Å². The first-order chi connectivity index (χ1) is 53.2. The molecule has 0 N–H and O–H groups in total. The number of unbranched alkanes of at least 4 members (excludes halogenated alkanes) is 3. The largest absolute Gasteiger partial charge is 0.339 e. The Morgan fingerprint density at radius 2 is 0.726 bits per heavy atom. The maximum atomic E-state index is 5.29. The first kappa shape index (κ1) is 84.4. The third-order valence-electron chi connectivity index (χ3n) is 20.8. The molecule has 0 saturated heterocycles. The van der Waals surface area contributed by atoms with E-state index in [1.165, 1.54) is 157 Å². The van der Waals surface area contributed by atoms with Gasteiger partial charge in [0.2, 0.25) is 0 Å². The third kappa shape index (κ3) is 19.1. The predicted molar refractivity (Wildman–Crippen MR) is 467 cm³/mol. The number of nitrogens with zero attached hydrogens (tertiary/aromatic N) is 6. The first-order valence-corrected chi connectivity index (χ1v) is 39.9. The fraction of sp³-hybridized carbons (Fsp3) is 0.214. The molecule has 0 aliphatic rings. The van der Waals surface area contributed by atoms with Crippen LogP contribution in [-0.4, -0.2) is 28.7 Å². The summed E-state index contributed by atoms with van der Waals surface area (Å²) in [5.74, 6) is 3.45. The molecule has 3 radical (unpaired) electrons. The summed E-state index contributed by atoms with van der Waals surface area (Å²) in [6.07, 6.45) is 12.9. The van der Waals surface area contributed by atoms with Crippen LogP contribution in [0, 0.1) is 87.4 Å². The van der Waals surface area contributed by atoms with Gasteiger partial charge in [-0.25, -0.2) is 0 Å². The van der Waals surface area contributed by atoms with Crippen LogP contribution in [0.15, 0.2) is 255 Å². The fourth-order valence-corrected chi connectivity index (χ4v) is 17.0. The minimum atomic E-state index is 0. The van der Waals surface area contributed by atoms with Gasteiger partial charge >= 0.3 is 0 Å². The number of hydrogen-bond donors (Lipinski definition) is 0. The van der Waals surface area contributed by atoms with Gasteiger partial charge in [-0.1, -0.05) is 202 Å². The van der Waals surface area contributed by atoms with Crippen LogP contribution in [0.5, 0.6) is 0 Å². The van der Waals surface area contributed by atoms with Gasteiger partial charge in [-0.3, -0.25) is 15.0 Å². The van der Waals surface area contributed by atoms with Crippen molar-refractivity contribution in [1.82, 2.24) is 28.7 Å². The van der Waals surface area contributed by atoms with Crippen molar-refractivity contribution in [2.45, 2.75) is 148 Å². The van der Waals surface area contributed by atoms with Crippen LogP contribution >= 0.6 is 11.3 Å². The molecule has 0 aliphatic carbocycles. The Labute approximate surface area is 715 Å². The molecule has 16 aromatic rings. The van der Waals surface area contributed by atoms with Crippen molar-refractivity contribution in [3.8, 4) is 107 Å². The van der Waals surface area contributed by atoms with E-state index in [1.54, 1.807) is 0 Å². The van der Waals surface area contributed by atoms with Gasteiger partial charge in [0.05, 0.1) is 34.6 Å². The Bertz CT molecular complexity index is 5830. The number of aromatic nitrogens is 6. The summed E-state index contributed by atoms with van der Waals surface area (Å²) in [7, 11) is 0. The van der Waals surface area contributed by atoms with Crippen molar-refractivity contribution in [1.29, 1.82) is 0 Å². The Hall–Kier alpha value is -9.56. The van der Waals surface area contributed by atoms with Gasteiger partial charge in [0.1, 0.15) is 0 Å². The summed E-state index contributed by atoms with van der Waals surface area (Å²) in [5.41, 5.74) is 34.6. The summed E-state index contributed by atoms with van der Waals surface area (Å²) >= 11 is 1.83. The van der Waals surface area contributed by atoms with Crippen molar-refractivity contribution in [3.05, 3.63) is 346 Å². The molecule has 6 nitrogen and oxygen atoms in total. The van der Waals surface area contributed by atoms with Crippen molar-refractivity contribution in [2.75, 3.05) is 0 Å². The van der Waals surface area contributed by atoms with Crippen molar-refractivity contribution in [2.24, 2.45) is 0 Å². The topological polar surface area (TPSA) is 53.5 Å². The van der Waals surface area contributed by atoms with Crippen molar-refractivity contribution >= 4 is 31.5 Å². The van der Waals surface area contributed by atoms with Crippen LogP contribution < -0.4 is 0 Å². The van der Waals surface area contributed by atoms with Crippen molar-refractivity contribution < 1.29 is 60.3 Å². The van der Waals surface area contributed by atoms with E-state index in [0.29, 0.717) is 11.8 Å². The molecule has 577 valence electrons. The second-order valence-electron chi connectivity index (χ2n) is 30.8. The number of aryl methyl sites for hydroxylation is 11. The monoisotopic (exact) mass is 2030 g/mol. The van der Waals surface area contributed by atoms with E-state index < -0.39 is 0 Å². The zero-order valence-electron chi connectivity index (χ0n) is 67.5. The molecule has 4 heterocycles. The molecule has 113 heavy (non-hydrogen) atoms. The molecule has 0 fully saturated rings. The van der Waals surface area contributed by atoms with Gasteiger partial charge in [-0.2, -0.15) is 11.3 Å². The standard InChI is InChI=1S/C37H37N2S.C35H35N2.C31H27N2.3Ir/c1-6-7-8-9-12-28-20-26(4)36(27(5)21-28)39-23-33(30-18-24(2)17-25(3)19-30)38-37(39)29-15-16-35-32(22-29)31-13-10-11-14-34(31)40-35;1-23(2)31-20-29(27-13-9-7-10-14-27)21-32(24(3)4)34(31)37-22-33(30-18-25(5)17-26(6)19-30)36-35(37)28-15-11-8-12-16-28;1-21-15-22(2)17-28(16-21)29-20-33(31(32-29)26-13-9-6-10-14-26)30-23(3)18-27(19-24(30)4)25-11-7-5-8-12-25;;;/h10-11,13-14,16-23H,6-9,12H2,1-5H3;7-15,17-24H,1-6H3;5-13,15-20H,1-4H3;;;/q3*-1;;;. The molecule has 0 amide bonds. The first-order valence-electron chi connectivity index (χ1n) is 39.0. The Kier molecular flexibility index (Phi) is 28.1. The predicted octanol–water partition coefficient (Wildman–Crippen LogP) is 28.2. The summed E-state index contributed by atoms with van der Waals surface area (Å²) in [5, 5.41) is 2.57. The molecular weight excluding hydrogens is 1930 g/mol. The Morgan fingerprint density at radius 3 is 1.14 bits per heavy atom. The fourth-order valence-electron chi connectivity index (χ4n) is 16.0. The molecule has 0 spiro atoms. The van der Waals surface area contributed by atoms with Crippen LogP contribution in [0.3, 0.4) is 0 Å². The molecule has 0 atom stereocenters. The molecular formula is C103H99Ir3N6S-3. The maximum absolute atomic E-state index is 5.29. The van der Waals surface area contributed by atoms with Gasteiger partial charge in [-0.15, -0.1) is 95.6 Å². The van der Waals surface area contributed by atoms with Gasteiger partial charge in [0.15, 0.2) is 0 Å². The molecule has 16 rings (SSSR count). The molecule has 0 aliphatic heterocycles. The molecule has 10 heteroatoms. The van der Waals surface area contributed by atoms with Crippen LogP contribution in [0.25, 0.3) is 127 Å². The second kappa shape index (κ2) is 37.6. The average molecular weight is 2030 g/mol. The normalized spacial score (nSPS) is 11.1. The van der Waals surface area contributed by atoms with Gasteiger partial charge in [-0.05, 0) is 232 Å². The molecule has 0 saturated carbocycles. The van der Waals surface area contributed by atoms with E-state index in [0.717, 1.165) is 74.4 Å². The number of imidazole rings is 3. The Morgan fingerprint density at radius 1 is 0.336 bits per heavy atom. The zero-order valence-corrected chi connectivity index (χ0v) is 75.5. The number of benzene rings is 12. The quantitative estimate of drug-likeness (QED) is 0.0635. The second-order valence-corrected chi connectivity index (χ2v) is 31.8. The van der Waals surface area contributed by atoms with E-state index >= 15 is 0 Å². The van der Waals surface area contributed by atoms with E-state index in [-0.39, 0.29) is 60.3 Å². The smallest absolute Gasteiger partial charge is 0.0772 e. The summed E-state index contributed by atoms with van der Waals surface area (Å²) in [6, 6.07) is 95.0. The zero-order chi connectivity index (χ0) is 76.9. The van der Waals surface area contributed by atoms with Crippen LogP contribution in [-0.2, 0) is 66.7 Å². The Balaban J connectivity index is 0.000000166. The van der Waals surface area contributed by atoms with Gasteiger partial charge < -0.3 is 13.7 Å². The van der Waals surface area contributed by atoms with Crippen molar-refractivity contribution in [3.63, 3.8) is 0 Å². The van der Waals surface area contributed by atoms with E-state index in [9.17, 15) is 0 Å². The third-order valence-corrected chi connectivity index (χ3v) is 22.0. The van der Waals surface area contributed by atoms with Crippen LogP contribution in [0.4, 0.5) is 0 Å². The maximum Gasteiger partial charge on any atom is 0.0772 e. The van der Waals surface area contributed by atoms with Gasteiger partial charge in [0, 0.05) is 117 Å².